The highest BCUT2D eigenvalue weighted by atomic mass is 16.3. The van der Waals surface area contributed by atoms with Crippen molar-refractivity contribution in [2.75, 3.05) is 0 Å². The van der Waals surface area contributed by atoms with Gasteiger partial charge >= 0.3 is 0 Å². The zero-order chi connectivity index (χ0) is 9.14. The molecule has 1 rings (SSSR count). The molecule has 0 fully saturated rings. The van der Waals surface area contributed by atoms with Crippen LogP contribution in [0, 0.1) is 0 Å². The zero-order valence-corrected chi connectivity index (χ0v) is 6.36. The van der Waals surface area contributed by atoms with Gasteiger partial charge in [0, 0.05) is 0 Å². The Morgan fingerprint density at radius 3 is 1.42 bits per heavy atom. The van der Waals surface area contributed by atoms with E-state index < -0.39 is 0 Å². The van der Waals surface area contributed by atoms with E-state index in [0.717, 1.165) is 0 Å². The summed E-state index contributed by atoms with van der Waals surface area (Å²) in [6.07, 6.45) is 0. The summed E-state index contributed by atoms with van der Waals surface area (Å²) in [5.41, 5.74) is 0.820. The smallest absolute Gasteiger partial charge is 0.157 e. The van der Waals surface area contributed by atoms with E-state index in [1.54, 1.807) is 0 Å². The Hall–Kier alpha value is -1.26. The number of rotatable bonds is 2. The number of aliphatic hydroxyl groups excluding tert-OH is 2. The van der Waals surface area contributed by atoms with E-state index in [9.17, 15) is 0 Å². The topological polar surface area (TPSA) is 80.9 Å². The van der Waals surface area contributed by atoms with Crippen molar-refractivity contribution in [1.82, 2.24) is 0 Å². The molecule has 0 saturated heterocycles. The molecule has 1 aromatic carbocycles. The monoisotopic (exact) mass is 170 g/mol. The van der Waals surface area contributed by atoms with E-state index in [1.807, 2.05) is 0 Å². The summed E-state index contributed by atoms with van der Waals surface area (Å²) < 4.78 is 0. The average Bonchev–Trinajstić information content (AvgIpc) is 2.09. The van der Waals surface area contributed by atoms with Crippen LogP contribution in [-0.2, 0) is 13.2 Å². The van der Waals surface area contributed by atoms with E-state index in [0.29, 0.717) is 11.1 Å². The highest BCUT2D eigenvalue weighted by molar-refractivity contribution is 5.45. The van der Waals surface area contributed by atoms with Gasteiger partial charge in [0.2, 0.25) is 0 Å². The Balaban J connectivity index is 3.19. The van der Waals surface area contributed by atoms with Crippen molar-refractivity contribution < 1.29 is 20.4 Å². The fraction of sp³-hybridized carbons (Fsp3) is 0.250. The summed E-state index contributed by atoms with van der Waals surface area (Å²) in [7, 11) is 0. The number of phenolic OH excluding ortho intramolecular Hbond substituents is 2. The Kier molecular flexibility index (Phi) is 2.52. The van der Waals surface area contributed by atoms with Crippen molar-refractivity contribution in [3.05, 3.63) is 23.3 Å². The van der Waals surface area contributed by atoms with Crippen molar-refractivity contribution >= 4 is 0 Å². The molecule has 0 unspecified atom stereocenters. The van der Waals surface area contributed by atoms with Crippen molar-refractivity contribution in [3.63, 3.8) is 0 Å². The molecule has 66 valence electrons. The molecule has 0 heterocycles. The second-order valence-electron chi connectivity index (χ2n) is 2.43. The molecule has 4 N–H and O–H groups in total. The Morgan fingerprint density at radius 2 is 1.17 bits per heavy atom. The van der Waals surface area contributed by atoms with Crippen LogP contribution in [0.5, 0.6) is 11.5 Å². The van der Waals surface area contributed by atoms with Crippen molar-refractivity contribution in [2.45, 2.75) is 13.2 Å². The first-order chi connectivity index (χ1) is 5.69. The molecule has 0 aliphatic rings. The molecule has 4 heteroatoms. The first kappa shape index (κ1) is 8.83. The van der Waals surface area contributed by atoms with Crippen LogP contribution in [0.3, 0.4) is 0 Å². The third-order valence-corrected chi connectivity index (χ3v) is 1.64. The number of benzene rings is 1. The summed E-state index contributed by atoms with van der Waals surface area (Å²) >= 11 is 0. The van der Waals surface area contributed by atoms with Gasteiger partial charge in [0.15, 0.2) is 11.5 Å². The lowest BCUT2D eigenvalue weighted by molar-refractivity contribution is 0.258. The van der Waals surface area contributed by atoms with E-state index in [4.69, 9.17) is 20.4 Å². The molecule has 0 aliphatic heterocycles. The fourth-order valence-electron chi connectivity index (χ4n) is 0.958. The summed E-state index contributed by atoms with van der Waals surface area (Å²) in [5, 5.41) is 35.5. The molecule has 0 atom stereocenters. The number of aliphatic hydroxyl groups is 2. The van der Waals surface area contributed by atoms with Gasteiger partial charge in [-0.1, -0.05) is 0 Å². The molecule has 0 saturated carbocycles. The zero-order valence-electron chi connectivity index (χ0n) is 6.36. The molecular weight excluding hydrogens is 160 g/mol. The molecule has 0 aromatic heterocycles. The van der Waals surface area contributed by atoms with Gasteiger partial charge in [-0.2, -0.15) is 0 Å². The maximum Gasteiger partial charge on any atom is 0.157 e. The lowest BCUT2D eigenvalue weighted by atomic mass is 10.1. The van der Waals surface area contributed by atoms with Crippen LogP contribution in [0.4, 0.5) is 0 Å². The predicted molar refractivity (Wildman–Crippen MR) is 41.6 cm³/mol. The van der Waals surface area contributed by atoms with Gasteiger partial charge in [-0.15, -0.1) is 0 Å². The molecule has 0 bridgehead atoms. The second kappa shape index (κ2) is 3.42. The van der Waals surface area contributed by atoms with Gasteiger partial charge in [-0.25, -0.2) is 0 Å². The maximum atomic E-state index is 9.01. The normalized spacial score (nSPS) is 10.2. The molecular formula is C8H10O4. The first-order valence-corrected chi connectivity index (χ1v) is 3.44. The van der Waals surface area contributed by atoms with E-state index in [1.165, 1.54) is 12.1 Å². The Morgan fingerprint density at radius 1 is 0.833 bits per heavy atom. The summed E-state index contributed by atoms with van der Waals surface area (Å²) in [6.45, 7) is -0.548. The second-order valence-corrected chi connectivity index (χ2v) is 2.43. The van der Waals surface area contributed by atoms with Gasteiger partial charge in [0.1, 0.15) is 0 Å². The summed E-state index contributed by atoms with van der Waals surface area (Å²) in [6, 6.07) is 2.45. The number of hydrogen-bond donors (Lipinski definition) is 4. The Labute approximate surface area is 69.3 Å². The highest BCUT2D eigenvalue weighted by Gasteiger charge is 2.06. The predicted octanol–water partition coefficient (Wildman–Crippen LogP) is 0.0824. The largest absolute Gasteiger partial charge is 0.504 e. The molecule has 0 radical (unpaired) electrons. The first-order valence-electron chi connectivity index (χ1n) is 3.44. The average molecular weight is 170 g/mol. The van der Waals surface area contributed by atoms with Crippen LogP contribution >= 0.6 is 0 Å². The van der Waals surface area contributed by atoms with Gasteiger partial charge < -0.3 is 20.4 Å². The van der Waals surface area contributed by atoms with Gasteiger partial charge in [0.25, 0.3) is 0 Å². The summed E-state index contributed by atoms with van der Waals surface area (Å²) in [5.74, 6) is -0.590. The standard InChI is InChI=1S/C8H10O4/c9-3-5-1-7(11)8(12)2-6(5)4-10/h1-2,9-12H,3-4H2. The van der Waals surface area contributed by atoms with E-state index in [2.05, 4.69) is 0 Å². The minimum atomic E-state index is -0.295. The van der Waals surface area contributed by atoms with Crippen molar-refractivity contribution in [1.29, 1.82) is 0 Å². The lowest BCUT2D eigenvalue weighted by Crippen LogP contribution is -1.93. The third-order valence-electron chi connectivity index (χ3n) is 1.64. The van der Waals surface area contributed by atoms with Crippen molar-refractivity contribution in [2.24, 2.45) is 0 Å². The third kappa shape index (κ3) is 1.49. The highest BCUT2D eigenvalue weighted by Crippen LogP contribution is 2.28. The Bertz CT molecular complexity index is 254. The molecule has 12 heavy (non-hydrogen) atoms. The number of aromatic hydroxyl groups is 2. The van der Waals surface area contributed by atoms with Crippen LogP contribution in [-0.4, -0.2) is 20.4 Å². The van der Waals surface area contributed by atoms with Crippen LogP contribution in [0.2, 0.25) is 0 Å². The van der Waals surface area contributed by atoms with Crippen LogP contribution in [0.1, 0.15) is 11.1 Å². The SMILES string of the molecule is OCc1cc(O)c(O)cc1CO. The van der Waals surface area contributed by atoms with Gasteiger partial charge in [-0.3, -0.25) is 0 Å². The number of phenols is 2. The molecule has 0 amide bonds. The molecule has 4 nitrogen and oxygen atoms in total. The lowest BCUT2D eigenvalue weighted by Gasteiger charge is -2.06. The van der Waals surface area contributed by atoms with Gasteiger partial charge in [0.05, 0.1) is 13.2 Å². The minimum absolute atomic E-state index is 0.274. The number of hydrogen-bond acceptors (Lipinski definition) is 4. The van der Waals surface area contributed by atoms with E-state index in [-0.39, 0.29) is 24.7 Å². The quantitative estimate of drug-likeness (QED) is 0.474. The summed E-state index contributed by atoms with van der Waals surface area (Å²) in [4.78, 5) is 0. The molecule has 0 aliphatic carbocycles. The van der Waals surface area contributed by atoms with Crippen LogP contribution < -0.4 is 0 Å². The van der Waals surface area contributed by atoms with Gasteiger partial charge in [-0.05, 0) is 23.3 Å². The van der Waals surface area contributed by atoms with Crippen LogP contribution in [0.25, 0.3) is 0 Å². The minimum Gasteiger partial charge on any atom is -0.504 e. The molecule has 1 aromatic rings. The molecule has 0 spiro atoms. The van der Waals surface area contributed by atoms with Crippen LogP contribution in [0.15, 0.2) is 12.1 Å². The van der Waals surface area contributed by atoms with E-state index >= 15 is 0 Å². The van der Waals surface area contributed by atoms with Crippen molar-refractivity contribution in [3.8, 4) is 11.5 Å². The maximum absolute atomic E-state index is 9.01. The fourth-order valence-corrected chi connectivity index (χ4v) is 0.958.